The lowest BCUT2D eigenvalue weighted by atomic mass is 10.0. The lowest BCUT2D eigenvalue weighted by molar-refractivity contribution is 0.357. The van der Waals surface area contributed by atoms with Crippen LogP contribution in [0, 0.1) is 0 Å². The molecule has 5 rings (SSSR count). The van der Waals surface area contributed by atoms with Crippen LogP contribution in [0.2, 0.25) is 0 Å². The van der Waals surface area contributed by atoms with E-state index >= 15 is 0 Å². The van der Waals surface area contributed by atoms with Crippen LogP contribution in [0.5, 0.6) is 5.75 Å². The fourth-order valence-electron chi connectivity index (χ4n) is 3.29. The number of hydrogen-bond donors (Lipinski definition) is 1. The molecule has 0 unspecified atom stereocenters. The monoisotopic (exact) mass is 329 g/mol. The number of nitrogens with two attached hydrogens (primary N) is 1. The first-order valence-corrected chi connectivity index (χ1v) is 8.11. The molecule has 1 aromatic carbocycles. The molecule has 4 heterocycles. The fraction of sp³-hybridized carbons (Fsp3) is 0.105. The fourth-order valence-corrected chi connectivity index (χ4v) is 3.29. The van der Waals surface area contributed by atoms with Gasteiger partial charge in [-0.15, -0.1) is 0 Å². The molecule has 1 aliphatic rings. The van der Waals surface area contributed by atoms with Gasteiger partial charge in [0.1, 0.15) is 11.6 Å². The number of anilines is 1. The van der Waals surface area contributed by atoms with Crippen LogP contribution in [0.4, 0.5) is 5.82 Å². The maximum Gasteiger partial charge on any atom is 0.234 e. The van der Waals surface area contributed by atoms with Crippen molar-refractivity contribution < 1.29 is 4.74 Å². The number of aromatic nitrogens is 4. The third kappa shape index (κ3) is 2.22. The highest BCUT2D eigenvalue weighted by molar-refractivity contribution is 5.82. The Morgan fingerprint density at radius 3 is 2.92 bits per heavy atom. The van der Waals surface area contributed by atoms with E-state index in [2.05, 4.69) is 16.0 Å². The van der Waals surface area contributed by atoms with Crippen LogP contribution in [-0.4, -0.2) is 26.0 Å². The maximum atomic E-state index is 5.90. The molecule has 6 heteroatoms. The lowest BCUT2D eigenvalue weighted by Crippen LogP contribution is -1.94. The van der Waals surface area contributed by atoms with Gasteiger partial charge in [-0.1, -0.05) is 0 Å². The van der Waals surface area contributed by atoms with Gasteiger partial charge in [-0.3, -0.25) is 4.40 Å². The number of fused-ring (bicyclic) bond motifs is 2. The molecule has 0 amide bonds. The number of benzene rings is 1. The highest BCUT2D eigenvalue weighted by atomic mass is 16.5. The molecule has 0 saturated carbocycles. The number of imidazole rings is 1. The van der Waals surface area contributed by atoms with Crippen molar-refractivity contribution >= 4 is 11.6 Å². The molecule has 25 heavy (non-hydrogen) atoms. The second kappa shape index (κ2) is 5.31. The van der Waals surface area contributed by atoms with E-state index in [-0.39, 0.29) is 0 Å². The van der Waals surface area contributed by atoms with E-state index in [4.69, 9.17) is 15.5 Å². The summed E-state index contributed by atoms with van der Waals surface area (Å²) in [4.78, 5) is 13.2. The molecule has 0 atom stereocenters. The van der Waals surface area contributed by atoms with Gasteiger partial charge < -0.3 is 10.5 Å². The van der Waals surface area contributed by atoms with Crippen molar-refractivity contribution in [3.63, 3.8) is 0 Å². The van der Waals surface area contributed by atoms with Crippen LogP contribution in [0.15, 0.2) is 55.0 Å². The quantitative estimate of drug-likeness (QED) is 0.612. The molecule has 6 nitrogen and oxygen atoms in total. The number of rotatable bonds is 2. The number of hydrogen-bond acceptors (Lipinski definition) is 5. The van der Waals surface area contributed by atoms with Crippen molar-refractivity contribution in [1.29, 1.82) is 0 Å². The Balaban J connectivity index is 1.79. The molecule has 0 radical (unpaired) electrons. The van der Waals surface area contributed by atoms with E-state index in [1.807, 2.05) is 40.9 Å². The lowest BCUT2D eigenvalue weighted by Gasteiger charge is -2.07. The normalized spacial score (nSPS) is 13.0. The predicted molar refractivity (Wildman–Crippen MR) is 95.3 cm³/mol. The van der Waals surface area contributed by atoms with E-state index in [0.29, 0.717) is 11.6 Å². The molecule has 2 N–H and O–H groups in total. The summed E-state index contributed by atoms with van der Waals surface area (Å²) in [6.07, 6.45) is 6.33. The number of nitrogen functional groups attached to an aromatic ring is 1. The van der Waals surface area contributed by atoms with E-state index < -0.39 is 0 Å². The average Bonchev–Trinajstić information content (AvgIpc) is 3.25. The predicted octanol–water partition coefficient (Wildman–Crippen LogP) is 2.98. The largest absolute Gasteiger partial charge is 0.493 e. The Hall–Kier alpha value is -3.41. The molecular formula is C19H15N5O. The molecule has 1 aliphatic heterocycles. The second-order valence-corrected chi connectivity index (χ2v) is 5.99. The highest BCUT2D eigenvalue weighted by Crippen LogP contribution is 2.36. The van der Waals surface area contributed by atoms with Gasteiger partial charge in [-0.25, -0.2) is 15.0 Å². The second-order valence-electron chi connectivity index (χ2n) is 5.99. The summed E-state index contributed by atoms with van der Waals surface area (Å²) in [6.45, 7) is 0.735. The minimum atomic E-state index is 0.477. The summed E-state index contributed by atoms with van der Waals surface area (Å²) in [5.41, 5.74) is 10.9. The molecule has 0 aliphatic carbocycles. The van der Waals surface area contributed by atoms with Crippen LogP contribution in [0.1, 0.15) is 5.56 Å². The topological polar surface area (TPSA) is 78.3 Å². The van der Waals surface area contributed by atoms with Crippen LogP contribution >= 0.6 is 0 Å². The van der Waals surface area contributed by atoms with Crippen molar-refractivity contribution in [2.24, 2.45) is 0 Å². The van der Waals surface area contributed by atoms with E-state index in [1.165, 1.54) is 5.56 Å². The van der Waals surface area contributed by atoms with Gasteiger partial charge in [0.25, 0.3) is 0 Å². The zero-order chi connectivity index (χ0) is 16.8. The van der Waals surface area contributed by atoms with Crippen molar-refractivity contribution in [3.8, 4) is 28.3 Å². The summed E-state index contributed by atoms with van der Waals surface area (Å²) >= 11 is 0. The summed E-state index contributed by atoms with van der Waals surface area (Å²) in [7, 11) is 0. The Bertz CT molecular complexity index is 1100. The minimum absolute atomic E-state index is 0.477. The van der Waals surface area contributed by atoms with Crippen molar-refractivity contribution in [2.75, 3.05) is 12.3 Å². The number of nitrogens with zero attached hydrogens (tertiary/aromatic N) is 4. The molecule has 0 fully saturated rings. The number of ether oxygens (including phenoxy) is 1. The first-order valence-electron chi connectivity index (χ1n) is 8.11. The summed E-state index contributed by atoms with van der Waals surface area (Å²) in [5.74, 6) is 2.09. The summed E-state index contributed by atoms with van der Waals surface area (Å²) in [5, 5.41) is 0. The van der Waals surface area contributed by atoms with E-state index in [1.54, 1.807) is 12.4 Å². The molecule has 122 valence electrons. The maximum absolute atomic E-state index is 5.90. The zero-order valence-corrected chi connectivity index (χ0v) is 13.4. The van der Waals surface area contributed by atoms with Crippen LogP contribution in [0.25, 0.3) is 28.3 Å². The van der Waals surface area contributed by atoms with Crippen molar-refractivity contribution in [1.82, 2.24) is 19.4 Å². The molecule has 4 aromatic rings. The Morgan fingerprint density at radius 1 is 1.04 bits per heavy atom. The van der Waals surface area contributed by atoms with Gasteiger partial charge in [0.15, 0.2) is 0 Å². The van der Waals surface area contributed by atoms with Crippen molar-refractivity contribution in [3.05, 3.63) is 60.6 Å². The Morgan fingerprint density at radius 2 is 2.00 bits per heavy atom. The molecular weight excluding hydrogens is 314 g/mol. The first kappa shape index (κ1) is 14.0. The Labute approximate surface area is 144 Å². The third-order valence-electron chi connectivity index (χ3n) is 4.42. The summed E-state index contributed by atoms with van der Waals surface area (Å²) in [6, 6.07) is 11.9. The summed E-state index contributed by atoms with van der Waals surface area (Å²) < 4.78 is 7.60. The van der Waals surface area contributed by atoms with Gasteiger partial charge in [0.2, 0.25) is 5.78 Å². The van der Waals surface area contributed by atoms with Crippen molar-refractivity contribution in [2.45, 2.75) is 6.42 Å². The molecule has 0 spiro atoms. The SMILES string of the molecule is Nc1cc(-c2c(-c3ccc4c(c3)CCO4)nc3ncccn23)ccn1. The van der Waals surface area contributed by atoms with E-state index in [0.717, 1.165) is 41.3 Å². The highest BCUT2D eigenvalue weighted by Gasteiger charge is 2.19. The first-order chi connectivity index (χ1) is 12.3. The average molecular weight is 329 g/mol. The van der Waals surface area contributed by atoms with Gasteiger partial charge in [0.05, 0.1) is 18.0 Å². The van der Waals surface area contributed by atoms with Crippen LogP contribution in [-0.2, 0) is 6.42 Å². The number of pyridine rings is 1. The van der Waals surface area contributed by atoms with E-state index in [9.17, 15) is 0 Å². The van der Waals surface area contributed by atoms with Crippen LogP contribution in [0.3, 0.4) is 0 Å². The van der Waals surface area contributed by atoms with Crippen LogP contribution < -0.4 is 10.5 Å². The van der Waals surface area contributed by atoms with Gasteiger partial charge in [-0.05, 0) is 42.0 Å². The van der Waals surface area contributed by atoms with Gasteiger partial charge in [-0.2, -0.15) is 0 Å². The zero-order valence-electron chi connectivity index (χ0n) is 13.4. The minimum Gasteiger partial charge on any atom is -0.493 e. The van der Waals surface area contributed by atoms with Gasteiger partial charge in [0, 0.05) is 36.1 Å². The van der Waals surface area contributed by atoms with Gasteiger partial charge >= 0.3 is 0 Å². The third-order valence-corrected chi connectivity index (χ3v) is 4.42. The molecule has 0 bridgehead atoms. The standard InChI is InChI=1S/C19H15N5O/c20-16-11-14(4-7-21-16)18-17(23-19-22-6-1-8-24(18)19)13-2-3-15-12(10-13)5-9-25-15/h1-4,6-8,10-11H,5,9H2,(H2,20,21). The smallest absolute Gasteiger partial charge is 0.234 e. The molecule has 0 saturated heterocycles. The molecule has 3 aromatic heterocycles. The Kier molecular flexibility index (Phi) is 2.97.